The number of thiophene rings is 1. The van der Waals surface area contributed by atoms with Gasteiger partial charge in [-0.05, 0) is 29.2 Å². The summed E-state index contributed by atoms with van der Waals surface area (Å²) in [6.07, 6.45) is 2.01. The van der Waals surface area contributed by atoms with Crippen molar-refractivity contribution in [3.63, 3.8) is 0 Å². The Morgan fingerprint density at radius 2 is 1.92 bits per heavy atom. The first-order valence-corrected chi connectivity index (χ1v) is 10.8. The Hall–Kier alpha value is -2.15. The van der Waals surface area contributed by atoms with E-state index in [-0.39, 0.29) is 5.97 Å². The second-order valence-corrected chi connectivity index (χ2v) is 8.59. The van der Waals surface area contributed by atoms with Gasteiger partial charge in [-0.1, -0.05) is 36.4 Å². The van der Waals surface area contributed by atoms with Gasteiger partial charge in [-0.2, -0.15) is 0 Å². The Morgan fingerprint density at radius 3 is 2.69 bits per heavy atom. The molecule has 0 amide bonds. The SMILES string of the molecule is COC(=O)c1cc(-c2nc(-c3ccc4ccccc4c3)cs2)c(SC)s1. The third-order valence-electron chi connectivity index (χ3n) is 4.05. The molecule has 2 heterocycles. The maximum atomic E-state index is 11.8. The minimum atomic E-state index is -0.303. The van der Waals surface area contributed by atoms with Gasteiger partial charge < -0.3 is 4.74 Å². The number of esters is 1. The second kappa shape index (κ2) is 7.23. The highest BCUT2D eigenvalue weighted by molar-refractivity contribution is 8.00. The normalized spacial score (nSPS) is 11.0. The molecule has 0 saturated carbocycles. The number of methoxy groups -OCH3 is 1. The van der Waals surface area contributed by atoms with E-state index < -0.39 is 0 Å². The number of carbonyl (C=O) groups excluding carboxylic acids is 1. The predicted molar refractivity (Wildman–Crippen MR) is 111 cm³/mol. The second-order valence-electron chi connectivity index (χ2n) is 5.61. The number of hydrogen-bond donors (Lipinski definition) is 0. The maximum absolute atomic E-state index is 11.8. The number of fused-ring (bicyclic) bond motifs is 1. The topological polar surface area (TPSA) is 39.2 Å². The largest absolute Gasteiger partial charge is 0.465 e. The number of thiazole rings is 1. The minimum Gasteiger partial charge on any atom is -0.465 e. The van der Waals surface area contributed by atoms with Crippen molar-refractivity contribution >= 4 is 51.2 Å². The zero-order valence-electron chi connectivity index (χ0n) is 14.2. The third-order valence-corrected chi connectivity index (χ3v) is 7.18. The van der Waals surface area contributed by atoms with Crippen LogP contribution in [0, 0.1) is 0 Å². The van der Waals surface area contributed by atoms with Crippen LogP contribution in [0.1, 0.15) is 9.67 Å². The van der Waals surface area contributed by atoms with Gasteiger partial charge >= 0.3 is 5.97 Å². The summed E-state index contributed by atoms with van der Waals surface area (Å²) in [6, 6.07) is 16.6. The Morgan fingerprint density at radius 1 is 1.12 bits per heavy atom. The average molecular weight is 398 g/mol. The van der Waals surface area contributed by atoms with Crippen LogP contribution in [0.25, 0.3) is 32.6 Å². The molecule has 3 nitrogen and oxygen atoms in total. The molecule has 6 heteroatoms. The van der Waals surface area contributed by atoms with Crippen LogP contribution >= 0.6 is 34.4 Å². The highest BCUT2D eigenvalue weighted by Crippen LogP contribution is 2.40. The molecular weight excluding hydrogens is 382 g/mol. The van der Waals surface area contributed by atoms with Crippen molar-refractivity contribution in [3.8, 4) is 21.8 Å². The van der Waals surface area contributed by atoms with Crippen LogP contribution in [-0.2, 0) is 4.74 Å². The molecule has 0 bridgehead atoms. The van der Waals surface area contributed by atoms with Crippen LogP contribution in [0.15, 0.2) is 58.1 Å². The van der Waals surface area contributed by atoms with Crippen LogP contribution < -0.4 is 0 Å². The van der Waals surface area contributed by atoms with Gasteiger partial charge in [-0.3, -0.25) is 0 Å². The van der Waals surface area contributed by atoms with Crippen molar-refractivity contribution in [3.05, 3.63) is 58.8 Å². The molecule has 2 aromatic heterocycles. The molecule has 0 aliphatic carbocycles. The van der Waals surface area contributed by atoms with Crippen LogP contribution in [0.2, 0.25) is 0 Å². The maximum Gasteiger partial charge on any atom is 0.348 e. The molecule has 26 heavy (non-hydrogen) atoms. The van der Waals surface area contributed by atoms with E-state index in [0.717, 1.165) is 26.0 Å². The lowest BCUT2D eigenvalue weighted by Crippen LogP contribution is -1.96. The molecule has 0 unspecified atom stereocenters. The monoisotopic (exact) mass is 397 g/mol. The Balaban J connectivity index is 1.73. The van der Waals surface area contributed by atoms with Gasteiger partial charge in [0.1, 0.15) is 9.88 Å². The first-order chi connectivity index (χ1) is 12.7. The zero-order chi connectivity index (χ0) is 18.1. The van der Waals surface area contributed by atoms with E-state index >= 15 is 0 Å². The van der Waals surface area contributed by atoms with Gasteiger partial charge in [0.2, 0.25) is 0 Å². The van der Waals surface area contributed by atoms with Crippen LogP contribution in [0.4, 0.5) is 0 Å². The van der Waals surface area contributed by atoms with Crippen LogP contribution in [-0.4, -0.2) is 24.3 Å². The van der Waals surface area contributed by atoms with E-state index in [1.807, 2.05) is 24.5 Å². The van der Waals surface area contributed by atoms with Crippen LogP contribution in [0.5, 0.6) is 0 Å². The van der Waals surface area contributed by atoms with E-state index in [1.54, 1.807) is 23.1 Å². The highest BCUT2D eigenvalue weighted by atomic mass is 32.2. The summed E-state index contributed by atoms with van der Waals surface area (Å²) in [5, 5.41) is 5.41. The summed E-state index contributed by atoms with van der Waals surface area (Å²) < 4.78 is 5.92. The number of thioether (sulfide) groups is 1. The molecule has 0 radical (unpaired) electrons. The van der Waals surface area contributed by atoms with Crippen molar-refractivity contribution in [2.75, 3.05) is 13.4 Å². The van der Waals surface area contributed by atoms with Crippen molar-refractivity contribution in [2.24, 2.45) is 0 Å². The molecule has 0 atom stereocenters. The lowest BCUT2D eigenvalue weighted by atomic mass is 10.1. The number of hydrogen-bond acceptors (Lipinski definition) is 6. The number of rotatable bonds is 4. The smallest absolute Gasteiger partial charge is 0.348 e. The fraction of sp³-hybridized carbons (Fsp3) is 0.100. The summed E-state index contributed by atoms with van der Waals surface area (Å²) in [7, 11) is 1.40. The number of ether oxygens (including phenoxy) is 1. The van der Waals surface area contributed by atoms with E-state index in [9.17, 15) is 4.79 Å². The summed E-state index contributed by atoms with van der Waals surface area (Å²) in [5.74, 6) is -0.303. The summed E-state index contributed by atoms with van der Waals surface area (Å²) in [4.78, 5) is 17.3. The first-order valence-electron chi connectivity index (χ1n) is 7.91. The number of benzene rings is 2. The van der Waals surface area contributed by atoms with E-state index in [4.69, 9.17) is 9.72 Å². The van der Waals surface area contributed by atoms with Crippen molar-refractivity contribution < 1.29 is 9.53 Å². The third kappa shape index (κ3) is 3.16. The molecular formula is C20H15NO2S3. The summed E-state index contributed by atoms with van der Waals surface area (Å²) in [6.45, 7) is 0. The van der Waals surface area contributed by atoms with Gasteiger partial charge in [-0.25, -0.2) is 9.78 Å². The zero-order valence-corrected chi connectivity index (χ0v) is 16.6. The van der Waals surface area contributed by atoms with Crippen molar-refractivity contribution in [1.82, 2.24) is 4.98 Å². The lowest BCUT2D eigenvalue weighted by Gasteiger charge is -2.01. The molecule has 0 aliphatic rings. The van der Waals surface area contributed by atoms with Gasteiger partial charge in [-0.15, -0.1) is 34.4 Å². The molecule has 4 aromatic rings. The molecule has 0 aliphatic heterocycles. The Kier molecular flexibility index (Phi) is 4.80. The summed E-state index contributed by atoms with van der Waals surface area (Å²) in [5.41, 5.74) is 3.05. The number of carbonyl (C=O) groups is 1. The summed E-state index contributed by atoms with van der Waals surface area (Å²) >= 11 is 4.67. The van der Waals surface area contributed by atoms with E-state index in [2.05, 4.69) is 35.7 Å². The van der Waals surface area contributed by atoms with Crippen LogP contribution in [0.3, 0.4) is 0 Å². The van der Waals surface area contributed by atoms with E-state index in [1.165, 1.54) is 29.2 Å². The fourth-order valence-corrected chi connectivity index (χ4v) is 5.52. The molecule has 0 N–H and O–H groups in total. The molecule has 0 saturated heterocycles. The van der Waals surface area contributed by atoms with Gasteiger partial charge in [0, 0.05) is 16.5 Å². The molecule has 2 aromatic carbocycles. The number of nitrogens with zero attached hydrogens (tertiary/aromatic N) is 1. The fourth-order valence-electron chi connectivity index (χ4n) is 2.75. The highest BCUT2D eigenvalue weighted by Gasteiger charge is 2.18. The molecule has 130 valence electrons. The Labute approximate surface area is 163 Å². The van der Waals surface area contributed by atoms with Crippen molar-refractivity contribution in [1.29, 1.82) is 0 Å². The van der Waals surface area contributed by atoms with Crippen molar-refractivity contribution in [2.45, 2.75) is 4.21 Å². The minimum absolute atomic E-state index is 0.303. The standard InChI is InChI=1S/C20H15NO2S3/c1-23-19(22)17-10-15(20(24-2)26-17)18-21-16(11-25-18)14-8-7-12-5-3-4-6-13(12)9-14/h3-11H,1-2H3. The van der Waals surface area contributed by atoms with Gasteiger partial charge in [0.25, 0.3) is 0 Å². The first kappa shape index (κ1) is 17.3. The average Bonchev–Trinajstić information content (AvgIpc) is 3.33. The number of aromatic nitrogens is 1. The Bertz CT molecular complexity index is 1100. The lowest BCUT2D eigenvalue weighted by molar-refractivity contribution is 0.0606. The molecule has 0 spiro atoms. The quantitative estimate of drug-likeness (QED) is 0.303. The van der Waals surface area contributed by atoms with Gasteiger partial charge in [0.05, 0.1) is 17.0 Å². The predicted octanol–water partition coefficient (Wildman–Crippen LogP) is 6.20. The molecule has 4 rings (SSSR count). The van der Waals surface area contributed by atoms with E-state index in [0.29, 0.717) is 4.88 Å². The van der Waals surface area contributed by atoms with Gasteiger partial charge in [0.15, 0.2) is 0 Å². The molecule has 0 fully saturated rings.